The van der Waals surface area contributed by atoms with Crippen LogP contribution >= 0.6 is 10.9 Å². The number of hydrogen-bond acceptors (Lipinski definition) is 5. The molecule has 25 heavy (non-hydrogen) atoms. The van der Waals surface area contributed by atoms with E-state index in [1.807, 2.05) is 41.7 Å². The molecular weight excluding hydrogens is 336 g/mol. The summed E-state index contributed by atoms with van der Waals surface area (Å²) in [7, 11) is -0.406. The number of nitrogens with zero attached hydrogens (tertiary/aromatic N) is 4. The molecule has 2 aliphatic heterocycles. The van der Waals surface area contributed by atoms with Gasteiger partial charge in [-0.1, -0.05) is 18.2 Å². The van der Waals surface area contributed by atoms with E-state index >= 15 is 0 Å². The largest absolute Gasteiger partial charge is 0.279 e. The third kappa shape index (κ3) is 2.53. The fraction of sp³-hybridized carbons (Fsp3) is 0.111. The van der Waals surface area contributed by atoms with Gasteiger partial charge in [0, 0.05) is 29.2 Å². The number of anilines is 2. The molecule has 0 spiro atoms. The molecule has 6 nitrogen and oxygen atoms in total. The van der Waals surface area contributed by atoms with Gasteiger partial charge >= 0.3 is 0 Å². The summed E-state index contributed by atoms with van der Waals surface area (Å²) in [5.41, 5.74) is 4.20. The number of rotatable bonds is 3. The molecule has 7 heteroatoms. The van der Waals surface area contributed by atoms with E-state index in [2.05, 4.69) is 17.4 Å². The summed E-state index contributed by atoms with van der Waals surface area (Å²) in [6, 6.07) is 16.7. The van der Waals surface area contributed by atoms with Crippen LogP contribution in [0.5, 0.6) is 0 Å². The van der Waals surface area contributed by atoms with Crippen molar-refractivity contribution in [2.75, 3.05) is 8.72 Å². The van der Waals surface area contributed by atoms with Crippen molar-refractivity contribution in [1.82, 2.24) is 0 Å². The van der Waals surface area contributed by atoms with Gasteiger partial charge in [0.2, 0.25) is 0 Å². The van der Waals surface area contributed by atoms with Crippen LogP contribution in [0.25, 0.3) is 0 Å². The van der Waals surface area contributed by atoms with Crippen LogP contribution in [-0.2, 0) is 0 Å². The Labute approximate surface area is 148 Å². The van der Waals surface area contributed by atoms with Crippen LogP contribution in [0.4, 0.5) is 17.1 Å². The maximum atomic E-state index is 10.9. The predicted molar refractivity (Wildman–Crippen MR) is 104 cm³/mol. The highest BCUT2D eigenvalue weighted by atomic mass is 32.2. The second-order valence-corrected chi connectivity index (χ2v) is 7.47. The minimum Gasteiger partial charge on any atom is -0.279 e. The van der Waals surface area contributed by atoms with Crippen LogP contribution in [0.15, 0.2) is 71.5 Å². The van der Waals surface area contributed by atoms with Gasteiger partial charge in [-0.2, -0.15) is 9.52 Å². The number of non-ortho nitro benzene ring substituents is 1. The van der Waals surface area contributed by atoms with E-state index in [9.17, 15) is 10.1 Å². The highest BCUT2D eigenvalue weighted by Crippen LogP contribution is 2.45. The molecule has 126 valence electrons. The first-order valence-electron chi connectivity index (χ1n) is 7.81. The summed E-state index contributed by atoms with van der Waals surface area (Å²) in [5.74, 6) is 0. The van der Waals surface area contributed by atoms with Gasteiger partial charge in [-0.05, 0) is 43.7 Å². The fourth-order valence-electron chi connectivity index (χ4n) is 2.94. The van der Waals surface area contributed by atoms with Gasteiger partial charge in [0.25, 0.3) is 5.69 Å². The molecule has 0 saturated carbocycles. The molecule has 0 aromatic heterocycles. The molecule has 0 saturated heterocycles. The zero-order chi connectivity index (χ0) is 17.6. The van der Waals surface area contributed by atoms with Crippen LogP contribution in [-0.4, -0.2) is 15.5 Å². The molecule has 2 aliphatic rings. The van der Waals surface area contributed by atoms with E-state index < -0.39 is 10.9 Å². The van der Waals surface area contributed by atoms with Crippen molar-refractivity contribution < 1.29 is 4.92 Å². The molecule has 2 aromatic carbocycles. The third-order valence-corrected chi connectivity index (χ3v) is 6.35. The number of allylic oxidation sites excluding steroid dienone is 1. The average Bonchev–Trinajstić information content (AvgIpc) is 3.15. The van der Waals surface area contributed by atoms with Gasteiger partial charge in [-0.15, -0.1) is 0 Å². The molecule has 1 atom stereocenters. The second-order valence-electron chi connectivity index (χ2n) is 5.80. The van der Waals surface area contributed by atoms with Crippen molar-refractivity contribution in [3.05, 3.63) is 76.5 Å². The van der Waals surface area contributed by atoms with Crippen molar-refractivity contribution in [2.24, 2.45) is 5.10 Å². The number of hydrazone groups is 1. The van der Waals surface area contributed by atoms with Gasteiger partial charge in [0.05, 0.1) is 26.9 Å². The topological polar surface area (TPSA) is 62.0 Å². The number of nitro benzene ring substituents is 1. The number of benzene rings is 2. The lowest BCUT2D eigenvalue weighted by atomic mass is 10.1. The van der Waals surface area contributed by atoms with Crippen LogP contribution in [0, 0.1) is 10.1 Å². The van der Waals surface area contributed by atoms with Crippen molar-refractivity contribution >= 4 is 38.5 Å². The van der Waals surface area contributed by atoms with Gasteiger partial charge in [-0.3, -0.25) is 14.4 Å². The molecule has 2 aromatic rings. The highest BCUT2D eigenvalue weighted by Gasteiger charge is 2.33. The Balaban J connectivity index is 1.77. The number of para-hydroxylation sites is 1. The highest BCUT2D eigenvalue weighted by molar-refractivity contribution is 8.20. The molecule has 2 heterocycles. The Kier molecular flexibility index (Phi) is 3.65. The zero-order valence-electron chi connectivity index (χ0n) is 13.8. The molecule has 1 unspecified atom stereocenters. The quantitative estimate of drug-likeness (QED) is 0.464. The summed E-state index contributed by atoms with van der Waals surface area (Å²) >= 11 is 0. The Bertz CT molecular complexity index is 949. The lowest BCUT2D eigenvalue weighted by Gasteiger charge is -2.27. The smallest absolute Gasteiger partial charge is 0.269 e. The lowest BCUT2D eigenvalue weighted by molar-refractivity contribution is -0.384. The maximum absolute atomic E-state index is 10.9. The van der Waals surface area contributed by atoms with Crippen molar-refractivity contribution in [3.63, 3.8) is 0 Å². The van der Waals surface area contributed by atoms with E-state index in [4.69, 9.17) is 5.10 Å². The van der Waals surface area contributed by atoms with E-state index in [-0.39, 0.29) is 10.6 Å². The minimum atomic E-state index is -0.406. The molecule has 0 amide bonds. The van der Waals surface area contributed by atoms with Gasteiger partial charge < -0.3 is 0 Å². The summed E-state index contributed by atoms with van der Waals surface area (Å²) in [5, 5.41) is 15.6. The van der Waals surface area contributed by atoms with Gasteiger partial charge in [0.15, 0.2) is 0 Å². The summed E-state index contributed by atoms with van der Waals surface area (Å²) < 4.78 is 4.17. The van der Waals surface area contributed by atoms with E-state index in [1.54, 1.807) is 12.1 Å². The van der Waals surface area contributed by atoms with Crippen LogP contribution < -0.4 is 8.72 Å². The first kappa shape index (κ1) is 15.6. The van der Waals surface area contributed by atoms with Crippen LogP contribution in [0.3, 0.4) is 0 Å². The molecule has 0 radical (unpaired) electrons. The lowest BCUT2D eigenvalue weighted by Crippen LogP contribution is -2.17. The Morgan fingerprint density at radius 1 is 1.00 bits per heavy atom. The van der Waals surface area contributed by atoms with E-state index in [0.29, 0.717) is 0 Å². The van der Waals surface area contributed by atoms with Gasteiger partial charge in [-0.25, -0.2) is 0 Å². The molecule has 0 N–H and O–H groups in total. The van der Waals surface area contributed by atoms with Crippen molar-refractivity contribution in [2.45, 2.75) is 13.8 Å². The molecule has 0 bridgehead atoms. The zero-order valence-corrected chi connectivity index (χ0v) is 14.6. The Morgan fingerprint density at radius 2 is 1.68 bits per heavy atom. The van der Waals surface area contributed by atoms with Crippen molar-refractivity contribution in [1.29, 1.82) is 0 Å². The first-order valence-corrected chi connectivity index (χ1v) is 8.95. The summed E-state index contributed by atoms with van der Waals surface area (Å²) in [6.45, 7) is 4.10. The van der Waals surface area contributed by atoms with Crippen molar-refractivity contribution in [3.8, 4) is 0 Å². The van der Waals surface area contributed by atoms with E-state index in [1.165, 1.54) is 22.6 Å². The molecule has 0 fully saturated rings. The monoisotopic (exact) mass is 352 g/mol. The fourth-order valence-corrected chi connectivity index (χ4v) is 5.23. The summed E-state index contributed by atoms with van der Waals surface area (Å²) in [4.78, 5) is 11.7. The molecule has 0 aliphatic carbocycles. The Morgan fingerprint density at radius 3 is 2.32 bits per heavy atom. The molecule has 4 rings (SSSR count). The van der Waals surface area contributed by atoms with E-state index in [0.717, 1.165) is 17.1 Å². The SMILES string of the molecule is CC1=CN(c2ccc([N+](=O)[O-])cc2)S2=C1C(C)=NN2c1ccccc1. The predicted octanol–water partition coefficient (Wildman–Crippen LogP) is 4.49. The van der Waals surface area contributed by atoms with Crippen LogP contribution in [0.1, 0.15) is 13.8 Å². The Hall–Kier alpha value is -2.93. The minimum absolute atomic E-state index is 0.0925. The standard InChI is InChI=1S/C18H16N4O2S/c1-13-12-20(15-8-10-17(11-9-15)22(23)24)25-18(13)14(2)19-21(25)16-6-4-3-5-7-16/h3-12H,1-2H3. The normalized spacial score (nSPS) is 19.0. The third-order valence-electron chi connectivity index (χ3n) is 4.06. The number of hydrogen-bond donors (Lipinski definition) is 0. The number of nitro groups is 1. The van der Waals surface area contributed by atoms with Crippen LogP contribution in [0.2, 0.25) is 0 Å². The second kappa shape index (κ2) is 5.86. The maximum Gasteiger partial charge on any atom is 0.269 e. The average molecular weight is 352 g/mol. The first-order chi connectivity index (χ1) is 12.1. The summed E-state index contributed by atoms with van der Waals surface area (Å²) in [6.07, 6.45) is 2.09. The van der Waals surface area contributed by atoms with Gasteiger partial charge in [0.1, 0.15) is 0 Å². The molecular formula is C18H16N4O2S.